The molecular formula is C22H28N4O5S2. The molecule has 11 heteroatoms. The van der Waals surface area contributed by atoms with Gasteiger partial charge in [0.1, 0.15) is 0 Å². The molecule has 1 amide bonds. The molecule has 0 atom stereocenters. The maximum Gasteiger partial charge on any atom is 0.255 e. The summed E-state index contributed by atoms with van der Waals surface area (Å²) in [4.78, 5) is 18.3. The van der Waals surface area contributed by atoms with E-state index in [1.807, 2.05) is 0 Å². The summed E-state index contributed by atoms with van der Waals surface area (Å²) in [6.45, 7) is 1.86. The van der Waals surface area contributed by atoms with Gasteiger partial charge in [-0.05, 0) is 49.2 Å². The van der Waals surface area contributed by atoms with E-state index in [4.69, 9.17) is 0 Å². The first-order chi connectivity index (χ1) is 15.8. The molecule has 0 radical (unpaired) electrons. The lowest BCUT2D eigenvalue weighted by atomic mass is 10.2. The molecule has 2 fully saturated rings. The van der Waals surface area contributed by atoms with Crippen molar-refractivity contribution in [2.45, 2.75) is 35.5 Å². The summed E-state index contributed by atoms with van der Waals surface area (Å²) in [7, 11) is -7.43. The van der Waals surface area contributed by atoms with Crippen LogP contribution in [0.1, 0.15) is 36.0 Å². The minimum atomic E-state index is -3.79. The topological polar surface area (TPSA) is 108 Å². The predicted octanol–water partition coefficient (Wildman–Crippen LogP) is 1.79. The number of hydrogen-bond donors (Lipinski definition) is 0. The normalized spacial score (nSPS) is 19.2. The van der Waals surface area contributed by atoms with Crippen LogP contribution in [0.3, 0.4) is 0 Å². The summed E-state index contributed by atoms with van der Waals surface area (Å²) in [5.41, 5.74) is 0.468. The van der Waals surface area contributed by atoms with Gasteiger partial charge in [0.05, 0.1) is 15.4 Å². The molecule has 2 aliphatic rings. The molecule has 9 nitrogen and oxygen atoms in total. The highest BCUT2D eigenvalue weighted by Crippen LogP contribution is 2.24. The fourth-order valence-electron chi connectivity index (χ4n) is 4.17. The van der Waals surface area contributed by atoms with Crippen LogP contribution < -0.4 is 0 Å². The van der Waals surface area contributed by atoms with Gasteiger partial charge in [-0.15, -0.1) is 0 Å². The molecule has 0 unspecified atom stereocenters. The Morgan fingerprint density at radius 3 is 1.70 bits per heavy atom. The van der Waals surface area contributed by atoms with Gasteiger partial charge in [0, 0.05) is 51.7 Å². The maximum atomic E-state index is 13.1. The SMILES string of the molecule is O=C(c1cccnc1)N1CCN(S(=O)(=O)c2ccc(S(=O)(=O)N3CCCCCC3)cc2)CC1. The summed E-state index contributed by atoms with van der Waals surface area (Å²) >= 11 is 0. The third-order valence-electron chi connectivity index (χ3n) is 6.10. The average molecular weight is 493 g/mol. The average Bonchev–Trinajstić information content (AvgIpc) is 3.15. The number of amides is 1. The van der Waals surface area contributed by atoms with Gasteiger partial charge in [-0.2, -0.15) is 8.61 Å². The second kappa shape index (κ2) is 9.88. The zero-order valence-electron chi connectivity index (χ0n) is 18.3. The summed E-state index contributed by atoms with van der Waals surface area (Å²) in [5, 5.41) is 0. The number of rotatable bonds is 5. The number of carbonyl (C=O) groups is 1. The molecule has 0 saturated carbocycles. The van der Waals surface area contributed by atoms with Crippen LogP contribution in [0.25, 0.3) is 0 Å². The van der Waals surface area contributed by atoms with Crippen LogP contribution in [-0.2, 0) is 20.0 Å². The number of aromatic nitrogens is 1. The van der Waals surface area contributed by atoms with E-state index in [9.17, 15) is 21.6 Å². The van der Waals surface area contributed by atoms with Crippen molar-refractivity contribution in [1.82, 2.24) is 18.5 Å². The minimum Gasteiger partial charge on any atom is -0.336 e. The van der Waals surface area contributed by atoms with E-state index in [1.54, 1.807) is 23.2 Å². The van der Waals surface area contributed by atoms with Crippen molar-refractivity contribution in [3.63, 3.8) is 0 Å². The molecule has 0 N–H and O–H groups in total. The van der Waals surface area contributed by atoms with Gasteiger partial charge in [0.2, 0.25) is 20.0 Å². The van der Waals surface area contributed by atoms with Gasteiger partial charge >= 0.3 is 0 Å². The second-order valence-electron chi connectivity index (χ2n) is 8.23. The number of pyridine rings is 1. The van der Waals surface area contributed by atoms with Crippen molar-refractivity contribution in [2.75, 3.05) is 39.3 Å². The fourth-order valence-corrected chi connectivity index (χ4v) is 7.11. The Morgan fingerprint density at radius 1 is 0.697 bits per heavy atom. The summed E-state index contributed by atoms with van der Waals surface area (Å²) < 4.78 is 54.9. The van der Waals surface area contributed by atoms with Crippen molar-refractivity contribution >= 4 is 26.0 Å². The van der Waals surface area contributed by atoms with Crippen LogP contribution in [0, 0.1) is 0 Å². The zero-order valence-corrected chi connectivity index (χ0v) is 20.0. The van der Waals surface area contributed by atoms with E-state index in [2.05, 4.69) is 4.98 Å². The van der Waals surface area contributed by atoms with Crippen molar-refractivity contribution in [3.05, 3.63) is 54.4 Å². The van der Waals surface area contributed by atoms with E-state index in [1.165, 1.54) is 39.1 Å². The van der Waals surface area contributed by atoms with Gasteiger partial charge in [-0.3, -0.25) is 9.78 Å². The molecule has 2 aliphatic heterocycles. The summed E-state index contributed by atoms with van der Waals surface area (Å²) in [6, 6.07) is 8.81. The van der Waals surface area contributed by atoms with E-state index in [0.29, 0.717) is 18.7 Å². The van der Waals surface area contributed by atoms with Gasteiger partial charge in [-0.1, -0.05) is 12.8 Å². The third-order valence-corrected chi connectivity index (χ3v) is 9.92. The summed E-state index contributed by atoms with van der Waals surface area (Å²) in [6.07, 6.45) is 6.79. The van der Waals surface area contributed by atoms with Crippen LogP contribution in [0.15, 0.2) is 58.6 Å². The highest BCUT2D eigenvalue weighted by Gasteiger charge is 2.31. The van der Waals surface area contributed by atoms with Crippen LogP contribution in [0.5, 0.6) is 0 Å². The van der Waals surface area contributed by atoms with E-state index in [-0.39, 0.29) is 41.9 Å². The quantitative estimate of drug-likeness (QED) is 0.630. The molecule has 0 aliphatic carbocycles. The predicted molar refractivity (Wildman–Crippen MR) is 123 cm³/mol. The second-order valence-corrected chi connectivity index (χ2v) is 12.1. The third kappa shape index (κ3) is 5.11. The van der Waals surface area contributed by atoms with Crippen molar-refractivity contribution in [2.24, 2.45) is 0 Å². The molecule has 3 heterocycles. The first kappa shape index (κ1) is 23.8. The molecule has 2 saturated heterocycles. The highest BCUT2D eigenvalue weighted by molar-refractivity contribution is 7.89. The molecule has 1 aromatic carbocycles. The van der Waals surface area contributed by atoms with Gasteiger partial charge in [-0.25, -0.2) is 16.8 Å². The van der Waals surface area contributed by atoms with Crippen molar-refractivity contribution in [3.8, 4) is 0 Å². The molecule has 4 rings (SSSR count). The van der Waals surface area contributed by atoms with E-state index < -0.39 is 20.0 Å². The molecule has 0 spiro atoms. The largest absolute Gasteiger partial charge is 0.336 e. The molecule has 1 aromatic heterocycles. The van der Waals surface area contributed by atoms with Gasteiger partial charge < -0.3 is 4.90 Å². The van der Waals surface area contributed by atoms with Gasteiger partial charge in [0.15, 0.2) is 0 Å². The maximum absolute atomic E-state index is 13.1. The lowest BCUT2D eigenvalue weighted by molar-refractivity contribution is 0.0697. The Balaban J connectivity index is 1.43. The number of benzene rings is 1. The smallest absolute Gasteiger partial charge is 0.255 e. The molecule has 33 heavy (non-hydrogen) atoms. The minimum absolute atomic E-state index is 0.0457. The number of carbonyl (C=O) groups excluding carboxylic acids is 1. The number of piperazine rings is 1. The molecular weight excluding hydrogens is 464 g/mol. The Bertz CT molecular complexity index is 1170. The van der Waals surface area contributed by atoms with Crippen LogP contribution in [0.2, 0.25) is 0 Å². The molecule has 0 bridgehead atoms. The van der Waals surface area contributed by atoms with E-state index >= 15 is 0 Å². The summed E-state index contributed by atoms with van der Waals surface area (Å²) in [5.74, 6) is -0.178. The standard InChI is InChI=1S/C22H28N4O5S2/c27-22(19-6-5-11-23-18-19)24-14-16-26(17-15-24)33(30,31)21-9-7-20(8-10-21)32(28,29)25-12-3-1-2-4-13-25/h5-11,18H,1-4,12-17H2. The Hall–Kier alpha value is -2.34. The first-order valence-electron chi connectivity index (χ1n) is 11.1. The Kier molecular flexibility index (Phi) is 7.13. The Morgan fingerprint density at radius 2 is 1.21 bits per heavy atom. The number of nitrogens with zero attached hydrogens (tertiary/aromatic N) is 4. The number of sulfonamides is 2. The number of hydrogen-bond acceptors (Lipinski definition) is 6. The van der Waals surface area contributed by atoms with Crippen LogP contribution in [0.4, 0.5) is 0 Å². The Labute approximate surface area is 195 Å². The monoisotopic (exact) mass is 492 g/mol. The van der Waals surface area contributed by atoms with Crippen LogP contribution >= 0.6 is 0 Å². The molecule has 2 aromatic rings. The lowest BCUT2D eigenvalue weighted by Crippen LogP contribution is -2.50. The van der Waals surface area contributed by atoms with E-state index in [0.717, 1.165) is 25.7 Å². The lowest BCUT2D eigenvalue weighted by Gasteiger charge is -2.34. The van der Waals surface area contributed by atoms with Crippen LogP contribution in [-0.4, -0.2) is 80.5 Å². The zero-order chi connectivity index (χ0) is 23.5. The van der Waals surface area contributed by atoms with Crippen molar-refractivity contribution < 1.29 is 21.6 Å². The highest BCUT2D eigenvalue weighted by atomic mass is 32.2. The van der Waals surface area contributed by atoms with Gasteiger partial charge in [0.25, 0.3) is 5.91 Å². The van der Waals surface area contributed by atoms with Crippen molar-refractivity contribution in [1.29, 1.82) is 0 Å². The fraction of sp³-hybridized carbons (Fsp3) is 0.455. The first-order valence-corrected chi connectivity index (χ1v) is 14.0. The molecule has 178 valence electrons.